The molecule has 2 rings (SSSR count). The van der Waals surface area contributed by atoms with Gasteiger partial charge in [-0.15, -0.1) is 0 Å². The molecular weight excluding hydrogens is 184 g/mol. The predicted molar refractivity (Wildman–Crippen MR) is 64.3 cm³/mol. The molecule has 0 unspecified atom stereocenters. The highest BCUT2D eigenvalue weighted by Gasteiger charge is 2.16. The van der Waals surface area contributed by atoms with Gasteiger partial charge in [-0.05, 0) is 12.1 Å². The first-order chi connectivity index (χ1) is 7.07. The molecule has 2 heteroatoms. The van der Waals surface area contributed by atoms with Crippen molar-refractivity contribution in [2.45, 2.75) is 26.2 Å². The molecule has 0 saturated carbocycles. The molecule has 0 aliphatic carbocycles. The van der Waals surface area contributed by atoms with Gasteiger partial charge in [0.15, 0.2) is 0 Å². The molecule has 0 radical (unpaired) electrons. The zero-order valence-electron chi connectivity index (χ0n) is 9.49. The normalized spacial score (nSPS) is 15.5. The van der Waals surface area contributed by atoms with Gasteiger partial charge in [-0.2, -0.15) is 0 Å². The summed E-state index contributed by atoms with van der Waals surface area (Å²) in [6, 6.07) is 6.19. The van der Waals surface area contributed by atoms with Gasteiger partial charge in [-0.1, -0.05) is 32.9 Å². The van der Waals surface area contributed by atoms with Gasteiger partial charge in [0.2, 0.25) is 0 Å². The minimum absolute atomic E-state index is 0.103. The SMILES string of the molecule is CC(C)(C)c1cccc(C2=CCN=C2)n1. The molecule has 0 saturated heterocycles. The van der Waals surface area contributed by atoms with E-state index < -0.39 is 0 Å². The molecule has 2 nitrogen and oxygen atoms in total. The summed E-state index contributed by atoms with van der Waals surface area (Å²) in [6.45, 7) is 7.32. The summed E-state index contributed by atoms with van der Waals surface area (Å²) >= 11 is 0. The molecule has 0 amide bonds. The zero-order chi connectivity index (χ0) is 10.9. The van der Waals surface area contributed by atoms with Crippen molar-refractivity contribution in [3.8, 4) is 0 Å². The van der Waals surface area contributed by atoms with Gasteiger partial charge in [-0.3, -0.25) is 9.98 Å². The molecule has 15 heavy (non-hydrogen) atoms. The summed E-state index contributed by atoms with van der Waals surface area (Å²) < 4.78 is 0. The molecular formula is C13H16N2. The standard InChI is InChI=1S/C13H16N2/c1-13(2,3)12-6-4-5-11(15-12)10-7-8-14-9-10/h4-7,9H,8H2,1-3H3. The van der Waals surface area contributed by atoms with Gasteiger partial charge in [-0.25, -0.2) is 0 Å². The first-order valence-electron chi connectivity index (χ1n) is 5.25. The lowest BCUT2D eigenvalue weighted by Crippen LogP contribution is -2.14. The highest BCUT2D eigenvalue weighted by Crippen LogP contribution is 2.22. The summed E-state index contributed by atoms with van der Waals surface area (Å²) in [5.41, 5.74) is 3.40. The van der Waals surface area contributed by atoms with E-state index in [9.17, 15) is 0 Å². The van der Waals surface area contributed by atoms with Crippen LogP contribution in [0.5, 0.6) is 0 Å². The summed E-state index contributed by atoms with van der Waals surface area (Å²) in [5, 5.41) is 0. The number of nitrogens with zero attached hydrogens (tertiary/aromatic N) is 2. The van der Waals surface area contributed by atoms with Crippen LogP contribution in [0.1, 0.15) is 32.2 Å². The van der Waals surface area contributed by atoms with Crippen LogP contribution >= 0.6 is 0 Å². The first-order valence-corrected chi connectivity index (χ1v) is 5.25. The number of hydrogen-bond acceptors (Lipinski definition) is 2. The Bertz CT molecular complexity index is 422. The van der Waals surface area contributed by atoms with Crippen molar-refractivity contribution in [2.75, 3.05) is 6.54 Å². The third-order valence-electron chi connectivity index (χ3n) is 2.46. The maximum atomic E-state index is 4.67. The molecule has 1 aromatic heterocycles. The van der Waals surface area contributed by atoms with Crippen molar-refractivity contribution in [1.29, 1.82) is 0 Å². The van der Waals surface area contributed by atoms with E-state index in [0.29, 0.717) is 0 Å². The highest BCUT2D eigenvalue weighted by molar-refractivity contribution is 6.10. The number of allylic oxidation sites excluding steroid dienone is 1. The van der Waals surface area contributed by atoms with E-state index >= 15 is 0 Å². The highest BCUT2D eigenvalue weighted by atomic mass is 14.8. The van der Waals surface area contributed by atoms with Crippen molar-refractivity contribution in [3.63, 3.8) is 0 Å². The quantitative estimate of drug-likeness (QED) is 0.684. The van der Waals surface area contributed by atoms with E-state index in [2.05, 4.69) is 49.0 Å². The maximum Gasteiger partial charge on any atom is 0.0718 e. The molecule has 0 aromatic carbocycles. The third kappa shape index (κ3) is 2.14. The second-order valence-corrected chi connectivity index (χ2v) is 4.81. The predicted octanol–water partition coefficient (Wildman–Crippen LogP) is 2.85. The largest absolute Gasteiger partial charge is 0.288 e. The van der Waals surface area contributed by atoms with Crippen molar-refractivity contribution in [2.24, 2.45) is 4.99 Å². The van der Waals surface area contributed by atoms with Crippen LogP contribution in [0.25, 0.3) is 5.57 Å². The number of hydrogen-bond donors (Lipinski definition) is 0. The molecule has 78 valence electrons. The van der Waals surface area contributed by atoms with Crippen molar-refractivity contribution >= 4 is 11.8 Å². The fourth-order valence-electron chi connectivity index (χ4n) is 1.54. The van der Waals surface area contributed by atoms with Crippen LogP contribution in [-0.4, -0.2) is 17.7 Å². The number of aliphatic imine (C=N–C) groups is 1. The molecule has 0 N–H and O–H groups in total. The minimum atomic E-state index is 0.103. The Morgan fingerprint density at radius 3 is 2.60 bits per heavy atom. The van der Waals surface area contributed by atoms with Crippen LogP contribution < -0.4 is 0 Å². The fraction of sp³-hybridized carbons (Fsp3) is 0.385. The molecule has 1 aliphatic heterocycles. The van der Waals surface area contributed by atoms with Crippen molar-refractivity contribution < 1.29 is 0 Å². The second-order valence-electron chi connectivity index (χ2n) is 4.81. The minimum Gasteiger partial charge on any atom is -0.288 e. The van der Waals surface area contributed by atoms with E-state index in [1.54, 1.807) is 0 Å². The lowest BCUT2D eigenvalue weighted by Gasteiger charge is -2.18. The van der Waals surface area contributed by atoms with Crippen LogP contribution in [0, 0.1) is 0 Å². The fourth-order valence-corrected chi connectivity index (χ4v) is 1.54. The Labute approximate surface area is 90.8 Å². The van der Waals surface area contributed by atoms with Gasteiger partial charge < -0.3 is 0 Å². The lowest BCUT2D eigenvalue weighted by molar-refractivity contribution is 0.568. The molecule has 1 aromatic rings. The van der Waals surface area contributed by atoms with Gasteiger partial charge >= 0.3 is 0 Å². The van der Waals surface area contributed by atoms with E-state index in [1.807, 2.05) is 12.3 Å². The monoisotopic (exact) mass is 200 g/mol. The Hall–Kier alpha value is -1.44. The van der Waals surface area contributed by atoms with Gasteiger partial charge in [0.25, 0.3) is 0 Å². The van der Waals surface area contributed by atoms with Crippen molar-refractivity contribution in [1.82, 2.24) is 4.98 Å². The van der Waals surface area contributed by atoms with Crippen LogP contribution in [0.3, 0.4) is 0 Å². The lowest BCUT2D eigenvalue weighted by atomic mass is 9.91. The molecule has 2 heterocycles. The Kier molecular flexibility index (Phi) is 2.43. The van der Waals surface area contributed by atoms with E-state index in [4.69, 9.17) is 0 Å². The van der Waals surface area contributed by atoms with E-state index in [0.717, 1.165) is 23.5 Å². The molecule has 1 aliphatic rings. The smallest absolute Gasteiger partial charge is 0.0718 e. The number of rotatable bonds is 1. The van der Waals surface area contributed by atoms with Crippen LogP contribution in [0.15, 0.2) is 29.3 Å². The summed E-state index contributed by atoms with van der Waals surface area (Å²) in [7, 11) is 0. The number of aromatic nitrogens is 1. The summed E-state index contributed by atoms with van der Waals surface area (Å²) in [4.78, 5) is 8.84. The Morgan fingerprint density at radius 1 is 1.20 bits per heavy atom. The van der Waals surface area contributed by atoms with E-state index in [1.165, 1.54) is 0 Å². The number of pyridine rings is 1. The van der Waals surface area contributed by atoms with Gasteiger partial charge in [0.1, 0.15) is 0 Å². The van der Waals surface area contributed by atoms with Crippen LogP contribution in [-0.2, 0) is 5.41 Å². The van der Waals surface area contributed by atoms with Gasteiger partial charge in [0, 0.05) is 22.9 Å². The topological polar surface area (TPSA) is 25.2 Å². The molecule has 0 bridgehead atoms. The average molecular weight is 200 g/mol. The van der Waals surface area contributed by atoms with Crippen LogP contribution in [0.2, 0.25) is 0 Å². The average Bonchev–Trinajstić information content (AvgIpc) is 2.69. The van der Waals surface area contributed by atoms with Gasteiger partial charge in [0.05, 0.1) is 12.2 Å². The summed E-state index contributed by atoms with van der Waals surface area (Å²) in [5.74, 6) is 0. The molecule has 0 atom stereocenters. The summed E-state index contributed by atoms with van der Waals surface area (Å²) in [6.07, 6.45) is 4.00. The third-order valence-corrected chi connectivity index (χ3v) is 2.46. The molecule has 0 fully saturated rings. The van der Waals surface area contributed by atoms with Crippen LogP contribution in [0.4, 0.5) is 0 Å². The second kappa shape index (κ2) is 3.61. The Balaban J connectivity index is 2.39. The first kappa shape index (κ1) is 10.1. The zero-order valence-corrected chi connectivity index (χ0v) is 9.49. The Morgan fingerprint density at radius 2 is 2.00 bits per heavy atom. The molecule has 0 spiro atoms. The van der Waals surface area contributed by atoms with Crippen molar-refractivity contribution in [3.05, 3.63) is 35.7 Å². The van der Waals surface area contributed by atoms with E-state index in [-0.39, 0.29) is 5.41 Å². The maximum absolute atomic E-state index is 4.67.